The number of rotatable bonds is 4. The van der Waals surface area contributed by atoms with Gasteiger partial charge in [-0.15, -0.1) is 0 Å². The minimum Gasteiger partial charge on any atom is -0.549 e. The zero-order chi connectivity index (χ0) is 14.8. The van der Waals surface area contributed by atoms with Crippen molar-refractivity contribution in [3.8, 4) is 0 Å². The molecule has 0 saturated heterocycles. The number of carbonyl (C=O) groups is 1. The Morgan fingerprint density at radius 3 is 2.15 bits per heavy atom. The van der Waals surface area contributed by atoms with E-state index in [0.29, 0.717) is 5.69 Å². The van der Waals surface area contributed by atoms with Crippen molar-refractivity contribution in [1.82, 2.24) is 0 Å². The van der Waals surface area contributed by atoms with Gasteiger partial charge in [-0.25, -0.2) is 0 Å². The lowest BCUT2D eigenvalue weighted by Crippen LogP contribution is -2.31. The van der Waals surface area contributed by atoms with Crippen LogP contribution in [0.2, 0.25) is 0 Å². The van der Waals surface area contributed by atoms with Gasteiger partial charge < -0.3 is 20.5 Å². The molecule has 0 fully saturated rings. The lowest BCUT2D eigenvalue weighted by atomic mass is 10.1. The van der Waals surface area contributed by atoms with Crippen LogP contribution in [0.3, 0.4) is 0 Å². The molecule has 0 saturated carbocycles. The van der Waals surface area contributed by atoms with E-state index in [0.717, 1.165) is 0 Å². The van der Waals surface area contributed by atoms with E-state index in [4.69, 9.17) is 5.73 Å². The zero-order valence-corrected chi connectivity index (χ0v) is 11.4. The van der Waals surface area contributed by atoms with Gasteiger partial charge in [0, 0.05) is 11.0 Å². The highest BCUT2D eigenvalue weighted by atomic mass is 31.2. The smallest absolute Gasteiger partial charge is 0.242 e. The van der Waals surface area contributed by atoms with Gasteiger partial charge in [0.2, 0.25) is 7.37 Å². The number of carboxylic acids is 1. The van der Waals surface area contributed by atoms with Crippen LogP contribution in [0.25, 0.3) is 0 Å². The summed E-state index contributed by atoms with van der Waals surface area (Å²) in [7, 11) is -4.15. The first kappa shape index (κ1) is 14.3. The van der Waals surface area contributed by atoms with Gasteiger partial charge in [0.05, 0.1) is 5.97 Å². The highest BCUT2D eigenvalue weighted by Gasteiger charge is 2.35. The Bertz CT molecular complexity index is 655. The van der Waals surface area contributed by atoms with E-state index in [1.807, 2.05) is 0 Å². The zero-order valence-electron chi connectivity index (χ0n) is 10.5. The molecule has 5 nitrogen and oxygen atoms in total. The topological polar surface area (TPSA) is 103 Å². The Labute approximate surface area is 116 Å². The van der Waals surface area contributed by atoms with Gasteiger partial charge in [0.1, 0.15) is 5.66 Å². The predicted octanol–water partition coefficient (Wildman–Crippen LogP) is 0.656. The summed E-state index contributed by atoms with van der Waals surface area (Å²) in [6, 6.07) is 13.5. The average Bonchev–Trinajstić information content (AvgIpc) is 2.41. The SMILES string of the molecule is Nc1ccc(C(C(=O)[O-])P(=O)(O)c2ccccc2)cc1. The van der Waals surface area contributed by atoms with Gasteiger partial charge in [-0.1, -0.05) is 30.3 Å². The molecule has 0 aliphatic heterocycles. The third kappa shape index (κ3) is 2.74. The number of carbonyl (C=O) groups excluding carboxylic acids is 1. The van der Waals surface area contributed by atoms with Crippen LogP contribution in [-0.2, 0) is 9.36 Å². The van der Waals surface area contributed by atoms with E-state index >= 15 is 0 Å². The maximum Gasteiger partial charge on any atom is 0.242 e. The Balaban J connectivity index is 2.51. The number of benzene rings is 2. The number of nitrogens with two attached hydrogens (primary N) is 1. The third-order valence-electron chi connectivity index (χ3n) is 2.95. The van der Waals surface area contributed by atoms with Crippen molar-refractivity contribution >= 4 is 24.3 Å². The lowest BCUT2D eigenvalue weighted by Gasteiger charge is -2.24. The van der Waals surface area contributed by atoms with Crippen LogP contribution in [0, 0.1) is 0 Å². The van der Waals surface area contributed by atoms with Gasteiger partial charge in [-0.2, -0.15) is 0 Å². The summed E-state index contributed by atoms with van der Waals surface area (Å²) in [6.45, 7) is 0. The molecule has 2 aromatic rings. The number of hydrogen-bond donors (Lipinski definition) is 2. The Morgan fingerprint density at radius 1 is 1.10 bits per heavy atom. The molecule has 0 spiro atoms. The summed E-state index contributed by atoms with van der Waals surface area (Å²) in [5.41, 5.74) is 4.54. The van der Waals surface area contributed by atoms with Gasteiger partial charge in [0.25, 0.3) is 0 Å². The summed E-state index contributed by atoms with van der Waals surface area (Å²) < 4.78 is 12.5. The third-order valence-corrected chi connectivity index (χ3v) is 5.20. The summed E-state index contributed by atoms with van der Waals surface area (Å²) in [5.74, 6) is -1.59. The van der Waals surface area contributed by atoms with Crippen LogP contribution < -0.4 is 16.1 Å². The Kier molecular flexibility index (Phi) is 3.93. The lowest BCUT2D eigenvalue weighted by molar-refractivity contribution is -0.305. The van der Waals surface area contributed by atoms with Crippen molar-refractivity contribution in [3.05, 3.63) is 60.2 Å². The fourth-order valence-electron chi connectivity index (χ4n) is 1.95. The molecule has 2 rings (SSSR count). The quantitative estimate of drug-likeness (QED) is 0.636. The number of anilines is 1. The van der Waals surface area contributed by atoms with Crippen LogP contribution >= 0.6 is 7.37 Å². The second kappa shape index (κ2) is 5.49. The maximum absolute atomic E-state index is 12.5. The molecule has 0 heterocycles. The van der Waals surface area contributed by atoms with E-state index in [-0.39, 0.29) is 10.9 Å². The minimum absolute atomic E-state index is 0.0750. The number of carboxylic acid groups (broad SMARTS) is 1. The minimum atomic E-state index is -4.15. The monoisotopic (exact) mass is 290 g/mol. The first-order valence-electron chi connectivity index (χ1n) is 5.87. The fourth-order valence-corrected chi connectivity index (χ4v) is 3.71. The molecule has 6 heteroatoms. The maximum atomic E-state index is 12.5. The molecule has 0 aromatic heterocycles. The van der Waals surface area contributed by atoms with Crippen LogP contribution in [0.5, 0.6) is 0 Å². The standard InChI is InChI=1S/C14H14NO4P/c15-11-8-6-10(7-9-11)13(14(16)17)20(18,19)12-4-2-1-3-5-12/h1-9,13H,15H2,(H,16,17)(H,18,19)/p-1. The second-order valence-electron chi connectivity index (χ2n) is 4.35. The molecule has 0 bridgehead atoms. The Morgan fingerprint density at radius 2 is 1.65 bits per heavy atom. The first-order valence-corrected chi connectivity index (χ1v) is 7.60. The molecule has 0 amide bonds. The van der Waals surface area contributed by atoms with Gasteiger partial charge in [-0.05, 0) is 29.8 Å². The molecule has 0 radical (unpaired) electrons. The Hall–Kier alpha value is -2.10. The average molecular weight is 290 g/mol. The van der Waals surface area contributed by atoms with Crippen molar-refractivity contribution in [2.45, 2.75) is 5.66 Å². The van der Waals surface area contributed by atoms with Crippen molar-refractivity contribution in [2.75, 3.05) is 5.73 Å². The fraction of sp³-hybridized carbons (Fsp3) is 0.0714. The van der Waals surface area contributed by atoms with E-state index in [9.17, 15) is 19.4 Å². The van der Waals surface area contributed by atoms with Crippen molar-refractivity contribution in [3.63, 3.8) is 0 Å². The van der Waals surface area contributed by atoms with E-state index in [1.54, 1.807) is 18.2 Å². The molecule has 3 N–H and O–H groups in total. The molecule has 0 aliphatic rings. The van der Waals surface area contributed by atoms with Crippen LogP contribution in [0.1, 0.15) is 11.2 Å². The first-order chi connectivity index (χ1) is 9.43. The number of aliphatic carboxylic acids is 1. The summed E-state index contributed by atoms with van der Waals surface area (Å²) in [6.07, 6.45) is 0. The van der Waals surface area contributed by atoms with Crippen LogP contribution in [-0.4, -0.2) is 10.9 Å². The molecule has 2 aromatic carbocycles. The highest BCUT2D eigenvalue weighted by molar-refractivity contribution is 7.67. The van der Waals surface area contributed by atoms with E-state index in [1.165, 1.54) is 36.4 Å². The normalized spacial score (nSPS) is 15.2. The molecule has 104 valence electrons. The van der Waals surface area contributed by atoms with Crippen LogP contribution in [0.15, 0.2) is 54.6 Å². The second-order valence-corrected chi connectivity index (χ2v) is 6.63. The van der Waals surface area contributed by atoms with Crippen molar-refractivity contribution in [2.24, 2.45) is 0 Å². The van der Waals surface area contributed by atoms with Gasteiger partial charge >= 0.3 is 0 Å². The summed E-state index contributed by atoms with van der Waals surface area (Å²) in [5, 5.41) is 11.4. The number of hydrogen-bond acceptors (Lipinski definition) is 4. The predicted molar refractivity (Wildman–Crippen MR) is 74.5 cm³/mol. The van der Waals surface area contributed by atoms with Gasteiger partial charge in [-0.3, -0.25) is 4.57 Å². The molecular formula is C14H13NO4P-. The molecule has 20 heavy (non-hydrogen) atoms. The van der Waals surface area contributed by atoms with Crippen molar-refractivity contribution in [1.29, 1.82) is 0 Å². The van der Waals surface area contributed by atoms with Crippen molar-refractivity contribution < 1.29 is 19.4 Å². The van der Waals surface area contributed by atoms with E-state index < -0.39 is 19.0 Å². The number of nitrogen functional groups attached to an aromatic ring is 1. The highest BCUT2D eigenvalue weighted by Crippen LogP contribution is 2.54. The van der Waals surface area contributed by atoms with Crippen LogP contribution in [0.4, 0.5) is 5.69 Å². The van der Waals surface area contributed by atoms with E-state index in [2.05, 4.69) is 0 Å². The molecule has 0 aliphatic carbocycles. The molecule has 2 unspecified atom stereocenters. The molecular weight excluding hydrogens is 277 g/mol. The largest absolute Gasteiger partial charge is 0.549 e. The summed E-state index contributed by atoms with van der Waals surface area (Å²) in [4.78, 5) is 21.6. The summed E-state index contributed by atoms with van der Waals surface area (Å²) >= 11 is 0. The molecule has 2 atom stereocenters. The van der Waals surface area contributed by atoms with Gasteiger partial charge in [0.15, 0.2) is 0 Å².